The summed E-state index contributed by atoms with van der Waals surface area (Å²) in [5.41, 5.74) is 2.83. The van der Waals surface area contributed by atoms with Crippen molar-refractivity contribution in [2.75, 3.05) is 20.6 Å². The minimum absolute atomic E-state index is 0.293. The molecule has 3 nitrogen and oxygen atoms in total. The molecular formula is C18H31N3. The molecule has 1 N–H and O–H groups in total. The van der Waals surface area contributed by atoms with E-state index in [-0.39, 0.29) is 0 Å². The summed E-state index contributed by atoms with van der Waals surface area (Å²) in [5.74, 6) is 0. The summed E-state index contributed by atoms with van der Waals surface area (Å²) in [4.78, 5) is 7.13. The fourth-order valence-corrected chi connectivity index (χ4v) is 3.79. The van der Waals surface area contributed by atoms with Gasteiger partial charge < -0.3 is 10.2 Å². The van der Waals surface area contributed by atoms with Gasteiger partial charge in [0.25, 0.3) is 0 Å². The van der Waals surface area contributed by atoms with Crippen LogP contribution in [-0.2, 0) is 12.8 Å². The van der Waals surface area contributed by atoms with Crippen LogP contribution in [0, 0.1) is 0 Å². The van der Waals surface area contributed by atoms with Crippen LogP contribution in [0.25, 0.3) is 0 Å². The van der Waals surface area contributed by atoms with Gasteiger partial charge >= 0.3 is 0 Å². The predicted molar refractivity (Wildman–Crippen MR) is 89.7 cm³/mol. The third kappa shape index (κ3) is 3.64. The molecule has 1 fully saturated rings. The number of rotatable bonds is 7. The van der Waals surface area contributed by atoms with Crippen LogP contribution in [0.1, 0.15) is 50.8 Å². The summed E-state index contributed by atoms with van der Waals surface area (Å²) in [5, 5.41) is 3.74. The van der Waals surface area contributed by atoms with E-state index in [1.54, 1.807) is 0 Å². The molecule has 3 heteroatoms. The second kappa shape index (κ2) is 7.37. The van der Waals surface area contributed by atoms with Crippen LogP contribution in [0.4, 0.5) is 0 Å². The summed E-state index contributed by atoms with van der Waals surface area (Å²) >= 11 is 0. The Labute approximate surface area is 130 Å². The number of hydrogen-bond donors (Lipinski definition) is 1. The Balaban J connectivity index is 2.17. The highest BCUT2D eigenvalue weighted by Crippen LogP contribution is 2.37. The highest BCUT2D eigenvalue weighted by molar-refractivity contribution is 5.16. The maximum absolute atomic E-state index is 4.67. The molecule has 1 saturated carbocycles. The lowest BCUT2D eigenvalue weighted by Gasteiger charge is -2.43. The van der Waals surface area contributed by atoms with Crippen molar-refractivity contribution in [1.82, 2.24) is 15.2 Å². The lowest BCUT2D eigenvalue weighted by molar-refractivity contribution is 0.105. The lowest BCUT2D eigenvalue weighted by atomic mass is 9.83. The van der Waals surface area contributed by atoms with Crippen molar-refractivity contribution in [2.45, 2.75) is 64.0 Å². The molecule has 0 saturated heterocycles. The van der Waals surface area contributed by atoms with Crippen LogP contribution in [0.2, 0.25) is 0 Å². The van der Waals surface area contributed by atoms with E-state index >= 15 is 0 Å². The summed E-state index contributed by atoms with van der Waals surface area (Å²) in [6, 6.07) is 4.92. The van der Waals surface area contributed by atoms with Gasteiger partial charge in [-0.05, 0) is 51.5 Å². The summed E-state index contributed by atoms with van der Waals surface area (Å²) in [6.45, 7) is 5.41. The van der Waals surface area contributed by atoms with Crippen molar-refractivity contribution >= 4 is 0 Å². The molecule has 0 aliphatic heterocycles. The van der Waals surface area contributed by atoms with Gasteiger partial charge in [0.15, 0.2) is 0 Å². The maximum Gasteiger partial charge on any atom is 0.0420 e. The Morgan fingerprint density at radius 3 is 2.43 bits per heavy atom. The fourth-order valence-electron chi connectivity index (χ4n) is 3.79. The topological polar surface area (TPSA) is 28.2 Å². The van der Waals surface area contributed by atoms with Crippen LogP contribution in [0.5, 0.6) is 0 Å². The van der Waals surface area contributed by atoms with Gasteiger partial charge in [0, 0.05) is 29.9 Å². The van der Waals surface area contributed by atoms with Gasteiger partial charge in [0.2, 0.25) is 0 Å². The van der Waals surface area contributed by atoms with Crippen LogP contribution in [0.15, 0.2) is 18.3 Å². The largest absolute Gasteiger partial charge is 0.312 e. The third-order valence-electron chi connectivity index (χ3n) is 5.17. The van der Waals surface area contributed by atoms with Crippen molar-refractivity contribution < 1.29 is 0 Å². The van der Waals surface area contributed by atoms with Crippen molar-refractivity contribution in [2.24, 2.45) is 0 Å². The van der Waals surface area contributed by atoms with Crippen LogP contribution in [0.3, 0.4) is 0 Å². The fraction of sp³-hybridized carbons (Fsp3) is 0.722. The van der Waals surface area contributed by atoms with Gasteiger partial charge in [-0.25, -0.2) is 0 Å². The highest BCUT2D eigenvalue weighted by atomic mass is 15.2. The molecular weight excluding hydrogens is 258 g/mol. The lowest BCUT2D eigenvalue weighted by Crippen LogP contribution is -2.58. The minimum Gasteiger partial charge on any atom is -0.312 e. The average molecular weight is 289 g/mol. The zero-order valence-electron chi connectivity index (χ0n) is 14.2. The van der Waals surface area contributed by atoms with Crippen molar-refractivity contribution in [3.05, 3.63) is 29.6 Å². The van der Waals surface area contributed by atoms with Crippen molar-refractivity contribution in [3.63, 3.8) is 0 Å². The molecule has 21 heavy (non-hydrogen) atoms. The molecule has 2 rings (SSSR count). The van der Waals surface area contributed by atoms with Gasteiger partial charge in [-0.3, -0.25) is 4.98 Å². The Hall–Kier alpha value is -0.930. The average Bonchev–Trinajstić information content (AvgIpc) is 2.98. The number of likely N-dealkylation sites (N-methyl/N-ethyl adjacent to an activating group) is 2. The molecule has 0 amide bonds. The molecule has 118 valence electrons. The van der Waals surface area contributed by atoms with Crippen molar-refractivity contribution in [1.29, 1.82) is 0 Å². The van der Waals surface area contributed by atoms with E-state index in [4.69, 9.17) is 0 Å². The Bertz CT molecular complexity index is 419. The zero-order valence-corrected chi connectivity index (χ0v) is 14.2. The van der Waals surface area contributed by atoms with E-state index in [2.05, 4.69) is 55.3 Å². The first-order valence-electron chi connectivity index (χ1n) is 8.47. The third-order valence-corrected chi connectivity index (χ3v) is 5.17. The number of hydrogen-bond acceptors (Lipinski definition) is 3. The first-order chi connectivity index (χ1) is 10.1. The molecule has 0 radical (unpaired) electrons. The molecule has 1 aromatic rings. The van der Waals surface area contributed by atoms with E-state index in [9.17, 15) is 0 Å². The SMILES string of the molecule is CCNC(Cc1ccc(CC)cn1)C1(N(C)C)CCCC1. The molecule has 0 aromatic carbocycles. The molecule has 1 aromatic heterocycles. The molecule has 1 aliphatic rings. The summed E-state index contributed by atoms with van der Waals surface area (Å²) in [7, 11) is 4.48. The monoisotopic (exact) mass is 289 g/mol. The second-order valence-corrected chi connectivity index (χ2v) is 6.53. The molecule has 1 unspecified atom stereocenters. The normalized spacial score (nSPS) is 19.1. The quantitative estimate of drug-likeness (QED) is 0.836. The summed E-state index contributed by atoms with van der Waals surface area (Å²) in [6.07, 6.45) is 9.41. The van der Waals surface area contributed by atoms with E-state index < -0.39 is 0 Å². The number of aromatic nitrogens is 1. The number of nitrogens with one attached hydrogen (secondary N) is 1. The van der Waals surface area contributed by atoms with E-state index in [0.717, 1.165) is 19.4 Å². The first-order valence-corrected chi connectivity index (χ1v) is 8.47. The Morgan fingerprint density at radius 1 is 1.24 bits per heavy atom. The number of aryl methyl sites for hydroxylation is 1. The zero-order chi connectivity index (χ0) is 15.3. The maximum atomic E-state index is 4.67. The van der Waals surface area contributed by atoms with E-state index in [1.165, 1.54) is 36.9 Å². The summed E-state index contributed by atoms with van der Waals surface area (Å²) < 4.78 is 0. The molecule has 0 bridgehead atoms. The van der Waals surface area contributed by atoms with Gasteiger partial charge in [0.05, 0.1) is 0 Å². The highest BCUT2D eigenvalue weighted by Gasteiger charge is 2.42. The van der Waals surface area contributed by atoms with Crippen LogP contribution < -0.4 is 5.32 Å². The standard InChI is InChI=1S/C18H31N3/c1-5-15-9-10-16(20-14-15)13-17(19-6-2)18(21(3)4)11-7-8-12-18/h9-10,14,17,19H,5-8,11-13H2,1-4H3. The van der Waals surface area contributed by atoms with Gasteiger partial charge in [-0.15, -0.1) is 0 Å². The Morgan fingerprint density at radius 2 is 1.95 bits per heavy atom. The van der Waals surface area contributed by atoms with Gasteiger partial charge in [-0.1, -0.05) is 32.8 Å². The van der Waals surface area contributed by atoms with E-state index in [1.807, 2.05) is 6.20 Å². The minimum atomic E-state index is 0.293. The predicted octanol–water partition coefficient (Wildman–Crippen LogP) is 3.04. The Kier molecular flexibility index (Phi) is 5.77. The molecule has 1 heterocycles. The van der Waals surface area contributed by atoms with Crippen molar-refractivity contribution in [3.8, 4) is 0 Å². The van der Waals surface area contributed by atoms with E-state index in [0.29, 0.717) is 11.6 Å². The number of nitrogens with zero attached hydrogens (tertiary/aromatic N) is 2. The second-order valence-electron chi connectivity index (χ2n) is 6.53. The molecule has 1 aliphatic carbocycles. The first kappa shape index (κ1) is 16.4. The van der Waals surface area contributed by atoms with Crippen LogP contribution >= 0.6 is 0 Å². The number of pyridine rings is 1. The van der Waals surface area contributed by atoms with Gasteiger partial charge in [-0.2, -0.15) is 0 Å². The molecule has 0 spiro atoms. The van der Waals surface area contributed by atoms with Crippen LogP contribution in [-0.4, -0.2) is 42.1 Å². The molecule has 1 atom stereocenters. The smallest absolute Gasteiger partial charge is 0.0420 e. The van der Waals surface area contributed by atoms with Gasteiger partial charge in [0.1, 0.15) is 0 Å².